The Morgan fingerprint density at radius 3 is 2.70 bits per heavy atom. The van der Waals surface area contributed by atoms with Gasteiger partial charge in [-0.15, -0.1) is 0 Å². The molecule has 0 radical (unpaired) electrons. The highest BCUT2D eigenvalue weighted by Gasteiger charge is 2.11. The molecule has 2 rings (SSSR count). The van der Waals surface area contributed by atoms with Gasteiger partial charge in [0.05, 0.1) is 10.4 Å². The Balaban J connectivity index is 2.26. The molecule has 1 heterocycles. The third-order valence-corrected chi connectivity index (χ3v) is 3.76. The van der Waals surface area contributed by atoms with Gasteiger partial charge in [-0.3, -0.25) is 10.1 Å². The lowest BCUT2D eigenvalue weighted by Crippen LogP contribution is -2.23. The highest BCUT2D eigenvalue weighted by atomic mass is 16.6. The zero-order valence-electron chi connectivity index (χ0n) is 12.0. The van der Waals surface area contributed by atoms with E-state index >= 15 is 0 Å². The predicted molar refractivity (Wildman–Crippen MR) is 80.9 cm³/mol. The minimum atomic E-state index is -0.392. The molecule has 2 aromatic rings. The number of non-ortho nitro benzene ring substituents is 1. The van der Waals surface area contributed by atoms with Crippen LogP contribution in [-0.4, -0.2) is 15.9 Å². The molecule has 0 aliphatic heterocycles. The van der Waals surface area contributed by atoms with Crippen LogP contribution in [0.25, 0.3) is 10.9 Å². The van der Waals surface area contributed by atoms with Crippen LogP contribution in [0.15, 0.2) is 30.3 Å². The van der Waals surface area contributed by atoms with E-state index in [9.17, 15) is 10.1 Å². The zero-order valence-corrected chi connectivity index (χ0v) is 12.0. The van der Waals surface area contributed by atoms with Gasteiger partial charge in [-0.2, -0.15) is 0 Å². The van der Waals surface area contributed by atoms with Crippen molar-refractivity contribution in [2.45, 2.75) is 33.2 Å². The van der Waals surface area contributed by atoms with Gasteiger partial charge < -0.3 is 5.32 Å². The van der Waals surface area contributed by atoms with E-state index in [1.165, 1.54) is 6.07 Å². The fourth-order valence-electron chi connectivity index (χ4n) is 2.04. The molecule has 5 heteroatoms. The average molecular weight is 273 g/mol. The van der Waals surface area contributed by atoms with Crippen LogP contribution >= 0.6 is 0 Å². The number of nitrogens with one attached hydrogen (secondary N) is 1. The number of pyridine rings is 1. The molecule has 0 bridgehead atoms. The van der Waals surface area contributed by atoms with Gasteiger partial charge in [-0.1, -0.05) is 20.3 Å². The first-order valence-electron chi connectivity index (χ1n) is 6.83. The topological polar surface area (TPSA) is 68.1 Å². The van der Waals surface area contributed by atoms with Crippen molar-refractivity contribution in [3.8, 4) is 0 Å². The van der Waals surface area contributed by atoms with Crippen LogP contribution in [0.1, 0.15) is 27.2 Å². The highest BCUT2D eigenvalue weighted by molar-refractivity contribution is 5.82. The van der Waals surface area contributed by atoms with Crippen molar-refractivity contribution >= 4 is 22.4 Å². The number of benzene rings is 1. The van der Waals surface area contributed by atoms with Gasteiger partial charge in [-0.25, -0.2) is 4.98 Å². The van der Waals surface area contributed by atoms with Gasteiger partial charge in [0.1, 0.15) is 5.82 Å². The Morgan fingerprint density at radius 1 is 1.30 bits per heavy atom. The number of anilines is 1. The first kappa shape index (κ1) is 14.2. The molecule has 0 aliphatic carbocycles. The third kappa shape index (κ3) is 3.04. The van der Waals surface area contributed by atoms with Crippen LogP contribution in [0.2, 0.25) is 0 Å². The minimum Gasteiger partial charge on any atom is -0.367 e. The van der Waals surface area contributed by atoms with Gasteiger partial charge >= 0.3 is 0 Å². The molecule has 5 nitrogen and oxygen atoms in total. The number of hydrogen-bond acceptors (Lipinski definition) is 4. The molecule has 0 spiro atoms. The molecule has 0 aliphatic rings. The first-order valence-corrected chi connectivity index (χ1v) is 6.83. The van der Waals surface area contributed by atoms with Crippen LogP contribution in [0.3, 0.4) is 0 Å². The summed E-state index contributed by atoms with van der Waals surface area (Å²) < 4.78 is 0. The summed E-state index contributed by atoms with van der Waals surface area (Å²) in [5, 5.41) is 14.9. The van der Waals surface area contributed by atoms with Gasteiger partial charge in [0.15, 0.2) is 0 Å². The largest absolute Gasteiger partial charge is 0.367 e. The summed E-state index contributed by atoms with van der Waals surface area (Å²) in [6, 6.07) is 8.78. The van der Waals surface area contributed by atoms with Crippen molar-refractivity contribution in [3.63, 3.8) is 0 Å². The number of nitro groups is 1. The fraction of sp³-hybridized carbons (Fsp3) is 0.400. The van der Waals surface area contributed by atoms with Crippen molar-refractivity contribution in [2.24, 2.45) is 5.92 Å². The van der Waals surface area contributed by atoms with Crippen molar-refractivity contribution in [1.29, 1.82) is 0 Å². The molecule has 106 valence electrons. The Hall–Kier alpha value is -2.17. The summed E-state index contributed by atoms with van der Waals surface area (Å²) in [6.45, 7) is 6.49. The molecular weight excluding hydrogens is 254 g/mol. The van der Waals surface area contributed by atoms with Crippen LogP contribution in [0, 0.1) is 16.0 Å². The van der Waals surface area contributed by atoms with E-state index in [0.717, 1.165) is 23.1 Å². The van der Waals surface area contributed by atoms with Crippen LogP contribution in [0.5, 0.6) is 0 Å². The SMILES string of the molecule is CCC(C)C(C)Nc1ccc2cc([N+](=O)[O-])ccc2n1. The van der Waals surface area contributed by atoms with Gasteiger partial charge in [0.25, 0.3) is 5.69 Å². The summed E-state index contributed by atoms with van der Waals surface area (Å²) in [6.07, 6.45) is 1.11. The smallest absolute Gasteiger partial charge is 0.270 e. The summed E-state index contributed by atoms with van der Waals surface area (Å²) >= 11 is 0. The molecule has 2 unspecified atom stereocenters. The monoisotopic (exact) mass is 273 g/mol. The maximum Gasteiger partial charge on any atom is 0.270 e. The normalized spacial score (nSPS) is 13.9. The van der Waals surface area contributed by atoms with E-state index in [4.69, 9.17) is 0 Å². The molecule has 0 amide bonds. The number of nitrogens with zero attached hydrogens (tertiary/aromatic N) is 2. The average Bonchev–Trinajstić information content (AvgIpc) is 2.45. The van der Waals surface area contributed by atoms with Crippen molar-refractivity contribution in [1.82, 2.24) is 4.98 Å². The number of aromatic nitrogens is 1. The van der Waals surface area contributed by atoms with Crippen molar-refractivity contribution in [3.05, 3.63) is 40.4 Å². The van der Waals surface area contributed by atoms with E-state index in [0.29, 0.717) is 12.0 Å². The van der Waals surface area contributed by atoms with E-state index < -0.39 is 4.92 Å². The molecular formula is C15H19N3O2. The molecule has 1 aromatic heterocycles. The predicted octanol–water partition coefficient (Wildman–Crippen LogP) is 3.99. The van der Waals surface area contributed by atoms with E-state index in [2.05, 4.69) is 31.1 Å². The molecule has 1 aromatic carbocycles. The maximum absolute atomic E-state index is 10.7. The number of hydrogen-bond donors (Lipinski definition) is 1. The summed E-state index contributed by atoms with van der Waals surface area (Å²) in [4.78, 5) is 14.8. The lowest BCUT2D eigenvalue weighted by atomic mass is 10.0. The second-order valence-corrected chi connectivity index (χ2v) is 5.15. The number of nitro benzene ring substituents is 1. The summed E-state index contributed by atoms with van der Waals surface area (Å²) in [7, 11) is 0. The number of fused-ring (bicyclic) bond motifs is 1. The van der Waals surface area contributed by atoms with Crippen LogP contribution < -0.4 is 5.32 Å². The molecule has 1 N–H and O–H groups in total. The lowest BCUT2D eigenvalue weighted by Gasteiger charge is -2.20. The van der Waals surface area contributed by atoms with Crippen LogP contribution in [-0.2, 0) is 0 Å². The summed E-state index contributed by atoms with van der Waals surface area (Å²) in [5.74, 6) is 1.36. The Labute approximate surface area is 118 Å². The van der Waals surface area contributed by atoms with E-state index in [1.807, 2.05) is 12.1 Å². The van der Waals surface area contributed by atoms with Crippen LogP contribution in [0.4, 0.5) is 11.5 Å². The highest BCUT2D eigenvalue weighted by Crippen LogP contribution is 2.22. The third-order valence-electron chi connectivity index (χ3n) is 3.76. The van der Waals surface area contributed by atoms with Gasteiger partial charge in [0, 0.05) is 23.6 Å². The van der Waals surface area contributed by atoms with Gasteiger partial charge in [-0.05, 0) is 31.0 Å². The quantitative estimate of drug-likeness (QED) is 0.660. The Bertz CT molecular complexity index is 628. The lowest BCUT2D eigenvalue weighted by molar-refractivity contribution is -0.384. The standard InChI is InChI=1S/C15H19N3O2/c1-4-10(2)11(3)16-15-8-5-12-9-13(18(19)20)6-7-14(12)17-15/h5-11H,4H2,1-3H3,(H,16,17). The first-order chi connectivity index (χ1) is 9.51. The Morgan fingerprint density at radius 2 is 2.05 bits per heavy atom. The second kappa shape index (κ2) is 5.86. The van der Waals surface area contributed by atoms with E-state index in [1.54, 1.807) is 12.1 Å². The fourth-order valence-corrected chi connectivity index (χ4v) is 2.04. The zero-order chi connectivity index (χ0) is 14.7. The van der Waals surface area contributed by atoms with Gasteiger partial charge in [0.2, 0.25) is 0 Å². The molecule has 2 atom stereocenters. The van der Waals surface area contributed by atoms with Crippen molar-refractivity contribution in [2.75, 3.05) is 5.32 Å². The minimum absolute atomic E-state index is 0.0907. The second-order valence-electron chi connectivity index (χ2n) is 5.15. The molecule has 0 fully saturated rings. The van der Waals surface area contributed by atoms with E-state index in [-0.39, 0.29) is 5.69 Å². The number of rotatable bonds is 5. The maximum atomic E-state index is 10.7. The summed E-state index contributed by atoms with van der Waals surface area (Å²) in [5.41, 5.74) is 0.852. The molecule has 0 saturated heterocycles. The molecule has 0 saturated carbocycles. The molecule has 20 heavy (non-hydrogen) atoms. The van der Waals surface area contributed by atoms with Crippen molar-refractivity contribution < 1.29 is 4.92 Å². The Kier molecular flexibility index (Phi) is 4.17.